The molecule has 0 heterocycles. The smallest absolute Gasteiger partial charge is 0.148 e. The molecule has 0 aromatic heterocycles. The fourth-order valence-electron chi connectivity index (χ4n) is 1.19. The largest absolute Gasteiger partial charge is 0.205 e. The molecule has 15 heavy (non-hydrogen) atoms. The summed E-state index contributed by atoms with van der Waals surface area (Å²) in [5, 5.41) is 0.140. The molecule has 0 saturated carbocycles. The Morgan fingerprint density at radius 1 is 1.47 bits per heavy atom. The molecule has 0 spiro atoms. The maximum Gasteiger partial charge on any atom is 0.148 e. The SMILES string of the molecule is CC(C)/C(=C/c1cccc(Cl)c1F)CCl. The van der Waals surface area contributed by atoms with Crippen LogP contribution in [0.3, 0.4) is 0 Å². The summed E-state index contributed by atoms with van der Waals surface area (Å²) in [4.78, 5) is 0. The lowest BCUT2D eigenvalue weighted by Gasteiger charge is -2.08. The lowest BCUT2D eigenvalue weighted by molar-refractivity contribution is 0.625. The van der Waals surface area contributed by atoms with E-state index >= 15 is 0 Å². The van der Waals surface area contributed by atoms with Gasteiger partial charge in [-0.15, -0.1) is 11.6 Å². The number of alkyl halides is 1. The fourth-order valence-corrected chi connectivity index (χ4v) is 1.76. The van der Waals surface area contributed by atoms with E-state index in [0.717, 1.165) is 5.57 Å². The Hall–Kier alpha value is -0.530. The normalized spacial score (nSPS) is 12.3. The van der Waals surface area contributed by atoms with Crippen LogP contribution in [0.5, 0.6) is 0 Å². The van der Waals surface area contributed by atoms with Gasteiger partial charge in [0.05, 0.1) is 5.02 Å². The van der Waals surface area contributed by atoms with Crippen molar-refractivity contribution in [1.82, 2.24) is 0 Å². The van der Waals surface area contributed by atoms with Gasteiger partial charge in [-0.25, -0.2) is 4.39 Å². The zero-order chi connectivity index (χ0) is 11.4. The molecule has 0 radical (unpaired) electrons. The summed E-state index contributed by atoms with van der Waals surface area (Å²) in [6.45, 7) is 4.05. The van der Waals surface area contributed by atoms with E-state index in [0.29, 0.717) is 17.4 Å². The van der Waals surface area contributed by atoms with Gasteiger partial charge in [0, 0.05) is 11.4 Å². The molecule has 0 amide bonds. The predicted octanol–water partition coefficient (Wildman–Crippen LogP) is 4.76. The molecule has 0 aliphatic carbocycles. The summed E-state index contributed by atoms with van der Waals surface area (Å²) in [5.74, 6) is 0.326. The first kappa shape index (κ1) is 12.5. The van der Waals surface area contributed by atoms with Crippen LogP contribution in [0.1, 0.15) is 19.4 Å². The molecule has 3 heteroatoms. The highest BCUT2D eigenvalue weighted by molar-refractivity contribution is 6.30. The number of hydrogen-bond acceptors (Lipinski definition) is 0. The summed E-state index contributed by atoms with van der Waals surface area (Å²) in [7, 11) is 0. The standard InChI is InChI=1S/C12H13Cl2F/c1-8(2)10(7-13)6-9-4-3-5-11(14)12(9)15/h3-6,8H,7H2,1-2H3/b10-6+. The summed E-state index contributed by atoms with van der Waals surface area (Å²) < 4.78 is 13.5. The molecule has 1 rings (SSSR count). The average molecular weight is 247 g/mol. The van der Waals surface area contributed by atoms with Gasteiger partial charge in [0.25, 0.3) is 0 Å². The second-order valence-corrected chi connectivity index (χ2v) is 4.33. The molecule has 0 saturated heterocycles. The highest BCUT2D eigenvalue weighted by Crippen LogP contribution is 2.22. The molecule has 1 aromatic rings. The Kier molecular flexibility index (Phi) is 4.62. The topological polar surface area (TPSA) is 0 Å². The van der Waals surface area contributed by atoms with Gasteiger partial charge in [0.2, 0.25) is 0 Å². The molecule has 0 N–H and O–H groups in total. The summed E-state index contributed by atoms with van der Waals surface area (Å²) in [6, 6.07) is 4.95. The molecule has 0 fully saturated rings. The van der Waals surface area contributed by atoms with Gasteiger partial charge in [-0.05, 0) is 12.0 Å². The van der Waals surface area contributed by atoms with Crippen molar-refractivity contribution in [2.45, 2.75) is 13.8 Å². The first-order valence-electron chi connectivity index (χ1n) is 4.76. The van der Waals surface area contributed by atoms with Crippen LogP contribution in [0, 0.1) is 11.7 Å². The summed E-state index contributed by atoms with van der Waals surface area (Å²) >= 11 is 11.5. The van der Waals surface area contributed by atoms with Gasteiger partial charge in [-0.2, -0.15) is 0 Å². The van der Waals surface area contributed by atoms with E-state index in [1.165, 1.54) is 6.07 Å². The number of rotatable bonds is 3. The van der Waals surface area contributed by atoms with Gasteiger partial charge in [-0.3, -0.25) is 0 Å². The molecule has 0 unspecified atom stereocenters. The van der Waals surface area contributed by atoms with E-state index in [-0.39, 0.29) is 10.8 Å². The van der Waals surface area contributed by atoms with Crippen molar-refractivity contribution in [1.29, 1.82) is 0 Å². The van der Waals surface area contributed by atoms with Crippen molar-refractivity contribution in [3.8, 4) is 0 Å². The molecule has 82 valence electrons. The lowest BCUT2D eigenvalue weighted by Crippen LogP contribution is -1.96. The maximum atomic E-state index is 13.5. The number of benzene rings is 1. The minimum absolute atomic E-state index is 0.140. The molecule has 0 atom stereocenters. The quantitative estimate of drug-likeness (QED) is 0.675. The van der Waals surface area contributed by atoms with Crippen LogP contribution in [0.4, 0.5) is 4.39 Å². The minimum Gasteiger partial charge on any atom is -0.205 e. The molecular weight excluding hydrogens is 234 g/mol. The van der Waals surface area contributed by atoms with Crippen molar-refractivity contribution < 1.29 is 4.39 Å². The van der Waals surface area contributed by atoms with Crippen LogP contribution >= 0.6 is 23.2 Å². The molecule has 0 aliphatic rings. The Labute approximate surface area is 99.7 Å². The fraction of sp³-hybridized carbons (Fsp3) is 0.333. The van der Waals surface area contributed by atoms with Crippen molar-refractivity contribution in [3.63, 3.8) is 0 Å². The molecular formula is C12H13Cl2F. The molecule has 1 aromatic carbocycles. The van der Waals surface area contributed by atoms with Crippen molar-refractivity contribution in [3.05, 3.63) is 40.2 Å². The van der Waals surface area contributed by atoms with E-state index < -0.39 is 0 Å². The van der Waals surface area contributed by atoms with Crippen molar-refractivity contribution in [2.24, 2.45) is 5.92 Å². The number of hydrogen-bond donors (Lipinski definition) is 0. The van der Waals surface area contributed by atoms with Crippen LogP contribution in [0.15, 0.2) is 23.8 Å². The van der Waals surface area contributed by atoms with Gasteiger partial charge in [-0.1, -0.05) is 49.2 Å². The molecule has 0 nitrogen and oxygen atoms in total. The van der Waals surface area contributed by atoms with Crippen LogP contribution in [-0.4, -0.2) is 5.88 Å². The highest BCUT2D eigenvalue weighted by Gasteiger charge is 2.07. The Bertz CT molecular complexity index is 370. The molecule has 0 aliphatic heterocycles. The van der Waals surface area contributed by atoms with Gasteiger partial charge in [0.15, 0.2) is 0 Å². The first-order valence-corrected chi connectivity index (χ1v) is 5.68. The van der Waals surface area contributed by atoms with E-state index in [9.17, 15) is 4.39 Å². The third-order valence-electron chi connectivity index (χ3n) is 2.22. The molecule has 0 bridgehead atoms. The van der Waals surface area contributed by atoms with Crippen LogP contribution in [-0.2, 0) is 0 Å². The predicted molar refractivity (Wildman–Crippen MR) is 64.9 cm³/mol. The average Bonchev–Trinajstić information content (AvgIpc) is 2.19. The number of halogens is 3. The maximum absolute atomic E-state index is 13.5. The number of allylic oxidation sites excluding steroid dienone is 1. The zero-order valence-corrected chi connectivity index (χ0v) is 10.2. The Morgan fingerprint density at radius 2 is 2.13 bits per heavy atom. The first-order chi connectivity index (χ1) is 7.06. The van der Waals surface area contributed by atoms with Gasteiger partial charge in [0.1, 0.15) is 5.82 Å². The second-order valence-electron chi connectivity index (χ2n) is 3.65. The van der Waals surface area contributed by atoms with E-state index in [2.05, 4.69) is 0 Å². The highest BCUT2D eigenvalue weighted by atomic mass is 35.5. The van der Waals surface area contributed by atoms with Crippen molar-refractivity contribution in [2.75, 3.05) is 5.88 Å². The second kappa shape index (κ2) is 5.53. The Morgan fingerprint density at radius 3 is 2.67 bits per heavy atom. The third kappa shape index (κ3) is 3.22. The Balaban J connectivity index is 3.11. The van der Waals surface area contributed by atoms with Gasteiger partial charge >= 0.3 is 0 Å². The van der Waals surface area contributed by atoms with E-state index in [1.807, 2.05) is 13.8 Å². The third-order valence-corrected chi connectivity index (χ3v) is 2.82. The monoisotopic (exact) mass is 246 g/mol. The van der Waals surface area contributed by atoms with E-state index in [1.54, 1.807) is 18.2 Å². The van der Waals surface area contributed by atoms with Gasteiger partial charge < -0.3 is 0 Å². The van der Waals surface area contributed by atoms with Crippen molar-refractivity contribution >= 4 is 29.3 Å². The van der Waals surface area contributed by atoms with Crippen LogP contribution < -0.4 is 0 Å². The summed E-state index contributed by atoms with van der Waals surface area (Å²) in [5.41, 5.74) is 1.49. The zero-order valence-electron chi connectivity index (χ0n) is 8.73. The van der Waals surface area contributed by atoms with Crippen LogP contribution in [0.2, 0.25) is 5.02 Å². The minimum atomic E-state index is -0.387. The lowest BCUT2D eigenvalue weighted by atomic mass is 10.0. The van der Waals surface area contributed by atoms with Crippen LogP contribution in [0.25, 0.3) is 6.08 Å². The summed E-state index contributed by atoms with van der Waals surface area (Å²) in [6.07, 6.45) is 1.76. The van der Waals surface area contributed by atoms with E-state index in [4.69, 9.17) is 23.2 Å².